The second-order valence-corrected chi connectivity index (χ2v) is 8.91. The summed E-state index contributed by atoms with van der Waals surface area (Å²) < 4.78 is 32.2. The number of sulfonamides is 1. The molecule has 0 radical (unpaired) electrons. The number of likely N-dealkylation sites (N-methyl/N-ethyl adjacent to an activating group) is 1. The molecule has 0 spiro atoms. The van der Waals surface area contributed by atoms with E-state index < -0.39 is 28.4 Å². The molecule has 1 heterocycles. The van der Waals surface area contributed by atoms with Crippen molar-refractivity contribution in [2.24, 2.45) is 0 Å². The maximum atomic E-state index is 13.1. The van der Waals surface area contributed by atoms with E-state index in [1.807, 2.05) is 32.0 Å². The maximum Gasteiger partial charge on any atom is 0.341 e. The van der Waals surface area contributed by atoms with Gasteiger partial charge in [-0.15, -0.1) is 0 Å². The fraction of sp³-hybridized carbons (Fsp3) is 0.400. The second-order valence-electron chi connectivity index (χ2n) is 6.93. The molecule has 0 saturated heterocycles. The Morgan fingerprint density at radius 2 is 1.79 bits per heavy atom. The van der Waals surface area contributed by atoms with Gasteiger partial charge in [-0.2, -0.15) is 4.31 Å². The van der Waals surface area contributed by atoms with E-state index in [4.69, 9.17) is 4.74 Å². The summed E-state index contributed by atoms with van der Waals surface area (Å²) in [5.41, 5.74) is 3.15. The summed E-state index contributed by atoms with van der Waals surface area (Å²) in [6.45, 7) is 8.28. The fourth-order valence-electron chi connectivity index (χ4n) is 3.03. The first-order chi connectivity index (χ1) is 13.5. The second kappa shape index (κ2) is 8.79. The number of aryl methyl sites for hydroxylation is 4. The Bertz CT molecular complexity index is 1040. The molecule has 9 heteroatoms. The zero-order valence-corrected chi connectivity index (χ0v) is 18.4. The van der Waals surface area contributed by atoms with Crippen molar-refractivity contribution in [2.75, 3.05) is 25.5 Å². The molecule has 1 aromatic carbocycles. The number of hydrogen-bond donors (Lipinski definition) is 2. The van der Waals surface area contributed by atoms with Crippen LogP contribution in [0.1, 0.15) is 39.8 Å². The van der Waals surface area contributed by atoms with Crippen molar-refractivity contribution in [1.29, 1.82) is 0 Å². The molecule has 0 aliphatic rings. The number of esters is 1. The number of H-pyrrole nitrogens is 1. The van der Waals surface area contributed by atoms with Gasteiger partial charge in [-0.05, 0) is 51.8 Å². The number of nitrogens with zero attached hydrogens (tertiary/aromatic N) is 1. The van der Waals surface area contributed by atoms with Gasteiger partial charge in [0.1, 0.15) is 10.5 Å². The van der Waals surface area contributed by atoms with Crippen molar-refractivity contribution in [3.63, 3.8) is 0 Å². The summed E-state index contributed by atoms with van der Waals surface area (Å²) >= 11 is 0. The van der Waals surface area contributed by atoms with E-state index in [-0.39, 0.29) is 17.1 Å². The van der Waals surface area contributed by atoms with Crippen LogP contribution in [0.15, 0.2) is 23.1 Å². The molecule has 0 aliphatic carbocycles. The molecule has 1 amide bonds. The lowest BCUT2D eigenvalue weighted by molar-refractivity contribution is -0.116. The molecule has 0 atom stereocenters. The van der Waals surface area contributed by atoms with Crippen LogP contribution < -0.4 is 5.32 Å². The Labute approximate surface area is 171 Å². The van der Waals surface area contributed by atoms with E-state index in [0.29, 0.717) is 17.1 Å². The molecule has 2 rings (SSSR count). The van der Waals surface area contributed by atoms with Gasteiger partial charge in [0.2, 0.25) is 15.9 Å². The Morgan fingerprint density at radius 1 is 1.14 bits per heavy atom. The molecule has 0 fully saturated rings. The molecule has 1 aromatic heterocycles. The molecule has 158 valence electrons. The van der Waals surface area contributed by atoms with Crippen LogP contribution in [0.2, 0.25) is 0 Å². The molecule has 0 unspecified atom stereocenters. The minimum absolute atomic E-state index is 0.0360. The quantitative estimate of drug-likeness (QED) is 0.668. The van der Waals surface area contributed by atoms with Gasteiger partial charge in [-0.3, -0.25) is 4.79 Å². The van der Waals surface area contributed by atoms with Crippen LogP contribution in [-0.2, 0) is 19.6 Å². The van der Waals surface area contributed by atoms with Gasteiger partial charge in [0.15, 0.2) is 0 Å². The van der Waals surface area contributed by atoms with Crippen molar-refractivity contribution in [2.45, 2.75) is 39.5 Å². The molecular formula is C20H27N3O5S. The summed E-state index contributed by atoms with van der Waals surface area (Å²) in [5.74, 6) is -1.20. The van der Waals surface area contributed by atoms with Crippen LogP contribution in [0.25, 0.3) is 0 Å². The number of aromatic nitrogens is 1. The van der Waals surface area contributed by atoms with Crippen molar-refractivity contribution in [3.8, 4) is 0 Å². The minimum Gasteiger partial charge on any atom is -0.462 e. The van der Waals surface area contributed by atoms with Crippen LogP contribution in [0.3, 0.4) is 0 Å². The summed E-state index contributed by atoms with van der Waals surface area (Å²) in [6, 6.07) is 5.62. The van der Waals surface area contributed by atoms with Crippen molar-refractivity contribution >= 4 is 27.6 Å². The van der Waals surface area contributed by atoms with Crippen molar-refractivity contribution in [1.82, 2.24) is 9.29 Å². The van der Waals surface area contributed by atoms with E-state index in [9.17, 15) is 18.0 Å². The summed E-state index contributed by atoms with van der Waals surface area (Å²) in [5, 5.41) is 2.74. The predicted octanol–water partition coefficient (Wildman–Crippen LogP) is 2.68. The third-order valence-electron chi connectivity index (χ3n) is 4.50. The molecular weight excluding hydrogens is 394 g/mol. The Kier molecular flexibility index (Phi) is 6.86. The van der Waals surface area contributed by atoms with Crippen molar-refractivity contribution < 1.29 is 22.7 Å². The highest BCUT2D eigenvalue weighted by molar-refractivity contribution is 7.89. The monoisotopic (exact) mass is 421 g/mol. The third-order valence-corrected chi connectivity index (χ3v) is 6.47. The van der Waals surface area contributed by atoms with Crippen LogP contribution in [0.4, 0.5) is 5.69 Å². The number of rotatable bonds is 7. The Hall–Kier alpha value is -2.65. The number of nitrogens with one attached hydrogen (secondary N) is 2. The summed E-state index contributed by atoms with van der Waals surface area (Å²) in [4.78, 5) is 27.5. The van der Waals surface area contributed by atoms with Crippen LogP contribution in [-0.4, -0.2) is 49.8 Å². The van der Waals surface area contributed by atoms with Gasteiger partial charge in [-0.1, -0.05) is 12.1 Å². The van der Waals surface area contributed by atoms with Gasteiger partial charge < -0.3 is 15.0 Å². The van der Waals surface area contributed by atoms with Crippen LogP contribution in [0, 0.1) is 27.7 Å². The van der Waals surface area contributed by atoms with Gasteiger partial charge in [0, 0.05) is 24.1 Å². The molecule has 0 saturated carbocycles. The average molecular weight is 422 g/mol. The van der Waals surface area contributed by atoms with E-state index in [1.54, 1.807) is 20.8 Å². The smallest absolute Gasteiger partial charge is 0.341 e. The van der Waals surface area contributed by atoms with Gasteiger partial charge in [-0.25, -0.2) is 13.2 Å². The molecule has 29 heavy (non-hydrogen) atoms. The van der Waals surface area contributed by atoms with E-state index in [0.717, 1.165) is 15.4 Å². The van der Waals surface area contributed by atoms with Gasteiger partial charge in [0.25, 0.3) is 0 Å². The fourth-order valence-corrected chi connectivity index (χ4v) is 4.56. The van der Waals surface area contributed by atoms with E-state index in [1.165, 1.54) is 7.05 Å². The number of aromatic amines is 1. The highest BCUT2D eigenvalue weighted by atomic mass is 32.2. The number of anilines is 1. The zero-order valence-electron chi connectivity index (χ0n) is 17.5. The molecule has 8 nitrogen and oxygen atoms in total. The van der Waals surface area contributed by atoms with Crippen LogP contribution in [0.5, 0.6) is 0 Å². The van der Waals surface area contributed by atoms with E-state index in [2.05, 4.69) is 10.3 Å². The minimum atomic E-state index is -4.11. The van der Waals surface area contributed by atoms with E-state index >= 15 is 0 Å². The number of carbonyl (C=O) groups is 2. The molecule has 2 aromatic rings. The number of hydrogen-bond acceptors (Lipinski definition) is 5. The number of amides is 1. The van der Waals surface area contributed by atoms with Gasteiger partial charge in [0.05, 0.1) is 13.2 Å². The predicted molar refractivity (Wildman–Crippen MR) is 111 cm³/mol. The first kappa shape index (κ1) is 22.6. The Balaban J connectivity index is 2.29. The van der Waals surface area contributed by atoms with Crippen molar-refractivity contribution in [3.05, 3.63) is 46.3 Å². The first-order valence-electron chi connectivity index (χ1n) is 9.18. The molecule has 0 aliphatic heterocycles. The standard InChI is InChI=1S/C20H27N3O5S/c1-7-28-20(25)18-14(4)21-15(5)19(18)29(26,27)23(6)11-17(24)22-16-10-12(2)8-9-13(16)3/h8-10,21H,7,11H2,1-6H3,(H,22,24). The van der Waals surface area contributed by atoms with Crippen LogP contribution >= 0.6 is 0 Å². The highest BCUT2D eigenvalue weighted by Gasteiger charge is 2.33. The lowest BCUT2D eigenvalue weighted by Crippen LogP contribution is -2.36. The SMILES string of the molecule is CCOC(=O)c1c(C)[nH]c(C)c1S(=O)(=O)N(C)CC(=O)Nc1cc(C)ccc1C. The first-order valence-corrected chi connectivity index (χ1v) is 10.6. The number of benzene rings is 1. The molecule has 2 N–H and O–H groups in total. The molecule has 0 bridgehead atoms. The highest BCUT2D eigenvalue weighted by Crippen LogP contribution is 2.27. The lowest BCUT2D eigenvalue weighted by atomic mass is 10.1. The Morgan fingerprint density at radius 3 is 2.41 bits per heavy atom. The average Bonchev–Trinajstić information content (AvgIpc) is 2.93. The number of ether oxygens (including phenoxy) is 1. The largest absolute Gasteiger partial charge is 0.462 e. The summed E-state index contributed by atoms with van der Waals surface area (Å²) in [6.07, 6.45) is 0. The zero-order chi connectivity index (χ0) is 21.9. The third kappa shape index (κ3) is 4.86. The van der Waals surface area contributed by atoms with Gasteiger partial charge >= 0.3 is 5.97 Å². The normalized spacial score (nSPS) is 11.6. The maximum absolute atomic E-state index is 13.1. The lowest BCUT2D eigenvalue weighted by Gasteiger charge is -2.18. The number of carbonyl (C=O) groups excluding carboxylic acids is 2. The topological polar surface area (TPSA) is 109 Å². The summed E-state index contributed by atoms with van der Waals surface area (Å²) in [7, 11) is -2.81.